The summed E-state index contributed by atoms with van der Waals surface area (Å²) in [7, 11) is 0. The summed E-state index contributed by atoms with van der Waals surface area (Å²) in [6, 6.07) is 1.84. The molecular formula is C8H6F2N2O. The summed E-state index contributed by atoms with van der Waals surface area (Å²) in [5.41, 5.74) is 0.287. The van der Waals surface area contributed by atoms with Crippen LogP contribution in [0.4, 0.5) is 20.2 Å². The van der Waals surface area contributed by atoms with Crippen LogP contribution in [0.5, 0.6) is 0 Å². The highest BCUT2D eigenvalue weighted by atomic mass is 19.1. The lowest BCUT2D eigenvalue weighted by Gasteiger charge is -2.18. The van der Waals surface area contributed by atoms with Gasteiger partial charge in [-0.2, -0.15) is 0 Å². The Morgan fingerprint density at radius 2 is 2.08 bits per heavy atom. The van der Waals surface area contributed by atoms with Gasteiger partial charge in [0.05, 0.1) is 17.9 Å². The number of hydrogen-bond donors (Lipinski definition) is 2. The van der Waals surface area contributed by atoms with Gasteiger partial charge in [-0.1, -0.05) is 0 Å². The molecule has 13 heavy (non-hydrogen) atoms. The van der Waals surface area contributed by atoms with Crippen LogP contribution >= 0.6 is 0 Å². The van der Waals surface area contributed by atoms with Gasteiger partial charge in [0.25, 0.3) is 0 Å². The summed E-state index contributed by atoms with van der Waals surface area (Å²) >= 11 is 0. The number of hydrogen-bond acceptors (Lipinski definition) is 2. The maximum absolute atomic E-state index is 13.0. The lowest BCUT2D eigenvalue weighted by molar-refractivity contribution is -0.114. The third kappa shape index (κ3) is 1.32. The molecule has 0 saturated carbocycles. The molecule has 1 amide bonds. The third-order valence-electron chi connectivity index (χ3n) is 1.75. The van der Waals surface area contributed by atoms with Gasteiger partial charge in [-0.25, -0.2) is 8.78 Å². The van der Waals surface area contributed by atoms with Crippen molar-refractivity contribution >= 4 is 17.3 Å². The van der Waals surface area contributed by atoms with Crippen LogP contribution in [0.2, 0.25) is 0 Å². The molecule has 0 spiro atoms. The fraction of sp³-hybridized carbons (Fsp3) is 0.125. The molecule has 5 heteroatoms. The second-order valence-corrected chi connectivity index (χ2v) is 2.71. The van der Waals surface area contributed by atoms with Crippen molar-refractivity contribution in [3.8, 4) is 0 Å². The Labute approximate surface area is 72.7 Å². The summed E-state index contributed by atoms with van der Waals surface area (Å²) in [5, 5.41) is 4.91. The van der Waals surface area contributed by atoms with Crippen LogP contribution in [0.15, 0.2) is 12.1 Å². The van der Waals surface area contributed by atoms with E-state index in [9.17, 15) is 13.6 Å². The zero-order valence-corrected chi connectivity index (χ0v) is 6.53. The number of anilines is 2. The molecule has 68 valence electrons. The number of carbonyl (C=O) groups excluding carboxylic acids is 1. The van der Waals surface area contributed by atoms with Crippen molar-refractivity contribution in [2.75, 3.05) is 17.2 Å². The lowest BCUT2D eigenvalue weighted by Crippen LogP contribution is -2.28. The highest BCUT2D eigenvalue weighted by molar-refractivity contribution is 6.00. The minimum atomic E-state index is -0.708. The number of halogens is 2. The van der Waals surface area contributed by atoms with Crippen LogP contribution in [0, 0.1) is 11.6 Å². The summed E-state index contributed by atoms with van der Waals surface area (Å²) in [6.45, 7) is 0.00948. The molecule has 1 aliphatic heterocycles. The van der Waals surface area contributed by atoms with E-state index in [0.717, 1.165) is 12.1 Å². The molecule has 2 rings (SSSR count). The second kappa shape index (κ2) is 2.69. The average molecular weight is 184 g/mol. The van der Waals surface area contributed by atoms with E-state index >= 15 is 0 Å². The smallest absolute Gasteiger partial charge is 0.243 e. The van der Waals surface area contributed by atoms with Gasteiger partial charge in [0.2, 0.25) is 5.91 Å². The predicted octanol–water partition coefficient (Wildman–Crippen LogP) is 1.33. The molecule has 0 aliphatic carbocycles. The zero-order valence-electron chi connectivity index (χ0n) is 6.53. The van der Waals surface area contributed by atoms with E-state index in [1.807, 2.05) is 0 Å². The standard InChI is InChI=1S/C8H6F2N2O/c9-4-1-5(10)8-6(2-4)12-7(13)3-11-8/h1-2,11H,3H2,(H,12,13). The van der Waals surface area contributed by atoms with Crippen molar-refractivity contribution in [2.45, 2.75) is 0 Å². The van der Waals surface area contributed by atoms with Gasteiger partial charge in [0.1, 0.15) is 5.82 Å². The minimum absolute atomic E-state index is 0.00948. The van der Waals surface area contributed by atoms with Gasteiger partial charge < -0.3 is 10.6 Å². The molecule has 1 aliphatic rings. The molecule has 3 nitrogen and oxygen atoms in total. The first kappa shape index (κ1) is 7.97. The largest absolute Gasteiger partial charge is 0.372 e. The van der Waals surface area contributed by atoms with Gasteiger partial charge in [0.15, 0.2) is 5.82 Å². The summed E-state index contributed by atoms with van der Waals surface area (Å²) < 4.78 is 25.7. The van der Waals surface area contributed by atoms with E-state index in [-0.39, 0.29) is 23.8 Å². The number of rotatable bonds is 0. The van der Waals surface area contributed by atoms with Gasteiger partial charge in [-0.15, -0.1) is 0 Å². The van der Waals surface area contributed by atoms with Crippen molar-refractivity contribution < 1.29 is 13.6 Å². The van der Waals surface area contributed by atoms with Crippen molar-refractivity contribution in [1.29, 1.82) is 0 Å². The molecule has 0 unspecified atom stereocenters. The van der Waals surface area contributed by atoms with Crippen LogP contribution in [0.3, 0.4) is 0 Å². The first-order valence-electron chi connectivity index (χ1n) is 3.69. The Bertz CT molecular complexity index is 379. The highest BCUT2D eigenvalue weighted by Gasteiger charge is 2.18. The average Bonchev–Trinajstić information content (AvgIpc) is 2.02. The highest BCUT2D eigenvalue weighted by Crippen LogP contribution is 2.28. The van der Waals surface area contributed by atoms with Crippen molar-refractivity contribution in [2.24, 2.45) is 0 Å². The van der Waals surface area contributed by atoms with Gasteiger partial charge >= 0.3 is 0 Å². The quantitative estimate of drug-likeness (QED) is 0.638. The first-order valence-corrected chi connectivity index (χ1v) is 3.69. The number of carbonyl (C=O) groups is 1. The molecule has 2 N–H and O–H groups in total. The van der Waals surface area contributed by atoms with Crippen LogP contribution in [-0.2, 0) is 4.79 Å². The van der Waals surface area contributed by atoms with Crippen LogP contribution in [0.25, 0.3) is 0 Å². The summed E-state index contributed by atoms with van der Waals surface area (Å²) in [4.78, 5) is 10.8. The maximum Gasteiger partial charge on any atom is 0.243 e. The van der Waals surface area contributed by atoms with E-state index < -0.39 is 11.6 Å². The van der Waals surface area contributed by atoms with Crippen LogP contribution in [-0.4, -0.2) is 12.5 Å². The van der Waals surface area contributed by atoms with Crippen molar-refractivity contribution in [1.82, 2.24) is 0 Å². The second-order valence-electron chi connectivity index (χ2n) is 2.71. The number of fused-ring (bicyclic) bond motifs is 1. The van der Waals surface area contributed by atoms with Gasteiger partial charge in [-0.05, 0) is 6.07 Å². The molecule has 1 aromatic rings. The lowest BCUT2D eigenvalue weighted by atomic mass is 10.2. The molecular weight excluding hydrogens is 178 g/mol. The Morgan fingerprint density at radius 1 is 1.31 bits per heavy atom. The molecule has 0 radical (unpaired) electrons. The van der Waals surface area contributed by atoms with Gasteiger partial charge in [0, 0.05) is 6.07 Å². The third-order valence-corrected chi connectivity index (χ3v) is 1.75. The molecule has 0 atom stereocenters. The Balaban J connectivity index is 2.53. The Kier molecular flexibility index (Phi) is 1.65. The van der Waals surface area contributed by atoms with E-state index in [1.54, 1.807) is 0 Å². The SMILES string of the molecule is O=C1CNc2c(F)cc(F)cc2N1. The topological polar surface area (TPSA) is 41.1 Å². The molecule has 1 heterocycles. The fourth-order valence-corrected chi connectivity index (χ4v) is 1.21. The van der Waals surface area contributed by atoms with Crippen LogP contribution in [0.1, 0.15) is 0 Å². The molecule has 0 fully saturated rings. The van der Waals surface area contributed by atoms with Crippen molar-refractivity contribution in [3.05, 3.63) is 23.8 Å². The normalized spacial score (nSPS) is 14.5. The Hall–Kier alpha value is -1.65. The first-order chi connectivity index (χ1) is 6.16. The predicted molar refractivity (Wildman–Crippen MR) is 43.5 cm³/mol. The molecule has 1 aromatic carbocycles. The Morgan fingerprint density at radius 3 is 2.85 bits per heavy atom. The van der Waals surface area contributed by atoms with Gasteiger partial charge in [-0.3, -0.25) is 4.79 Å². The molecule has 0 bridgehead atoms. The van der Waals surface area contributed by atoms with E-state index in [4.69, 9.17) is 0 Å². The minimum Gasteiger partial charge on any atom is -0.372 e. The maximum atomic E-state index is 13.0. The molecule has 0 saturated heterocycles. The van der Waals surface area contributed by atoms with E-state index in [1.165, 1.54) is 0 Å². The fourth-order valence-electron chi connectivity index (χ4n) is 1.21. The number of amides is 1. The zero-order chi connectivity index (χ0) is 9.42. The number of nitrogens with one attached hydrogen (secondary N) is 2. The van der Waals surface area contributed by atoms with E-state index in [2.05, 4.69) is 10.6 Å². The summed E-state index contributed by atoms with van der Waals surface area (Å²) in [5.74, 6) is -1.72. The van der Waals surface area contributed by atoms with Crippen LogP contribution < -0.4 is 10.6 Å². The summed E-state index contributed by atoms with van der Waals surface area (Å²) in [6.07, 6.45) is 0. The number of benzene rings is 1. The van der Waals surface area contributed by atoms with E-state index in [0.29, 0.717) is 0 Å². The van der Waals surface area contributed by atoms with Crippen molar-refractivity contribution in [3.63, 3.8) is 0 Å². The molecule has 0 aromatic heterocycles. The monoisotopic (exact) mass is 184 g/mol.